The number of carbonyl (C=O) groups excluding carboxylic acids is 1. The fourth-order valence-corrected chi connectivity index (χ4v) is 1.50. The molecule has 0 bridgehead atoms. The molecule has 0 saturated carbocycles. The summed E-state index contributed by atoms with van der Waals surface area (Å²) in [6.45, 7) is 1.54. The number of hydrogen-bond acceptors (Lipinski definition) is 4. The van der Waals surface area contributed by atoms with E-state index in [2.05, 4.69) is 10.1 Å². The van der Waals surface area contributed by atoms with Crippen LogP contribution in [0.1, 0.15) is 16.4 Å². The normalized spacial score (nSPS) is 15.8. The molecule has 0 atom stereocenters. The van der Waals surface area contributed by atoms with Crippen LogP contribution in [-0.4, -0.2) is 30.7 Å². The minimum Gasteiger partial charge on any atom is -0.465 e. The zero-order valence-corrected chi connectivity index (χ0v) is 8.40. The number of rotatable bonds is 2. The molecule has 80 valence electrons. The van der Waals surface area contributed by atoms with Gasteiger partial charge in [-0.15, -0.1) is 0 Å². The highest BCUT2D eigenvalue weighted by atomic mass is 16.5. The largest absolute Gasteiger partial charge is 0.465 e. The van der Waals surface area contributed by atoms with Crippen molar-refractivity contribution in [2.45, 2.75) is 6.04 Å². The first-order valence-electron chi connectivity index (χ1n) is 4.73. The van der Waals surface area contributed by atoms with E-state index in [-0.39, 0.29) is 11.6 Å². The van der Waals surface area contributed by atoms with Crippen LogP contribution in [0, 0.1) is 0 Å². The predicted octanol–water partition coefficient (Wildman–Crippen LogP) is -0.221. The van der Waals surface area contributed by atoms with E-state index >= 15 is 0 Å². The second kappa shape index (κ2) is 3.86. The van der Waals surface area contributed by atoms with E-state index in [9.17, 15) is 9.59 Å². The van der Waals surface area contributed by atoms with Gasteiger partial charge in [-0.25, -0.2) is 4.79 Å². The predicted molar refractivity (Wildman–Crippen MR) is 53.9 cm³/mol. The van der Waals surface area contributed by atoms with E-state index in [0.29, 0.717) is 5.56 Å². The van der Waals surface area contributed by atoms with Crippen molar-refractivity contribution < 1.29 is 9.53 Å². The molecule has 1 N–H and O–H groups in total. The summed E-state index contributed by atoms with van der Waals surface area (Å²) < 4.78 is 6.16. The second-order valence-electron chi connectivity index (χ2n) is 3.47. The summed E-state index contributed by atoms with van der Waals surface area (Å²) in [5.41, 5.74) is 0.318. The number of nitrogens with zero attached hydrogens (tertiary/aromatic N) is 1. The van der Waals surface area contributed by atoms with Crippen LogP contribution in [0.4, 0.5) is 0 Å². The molecule has 1 fully saturated rings. The van der Waals surface area contributed by atoms with Gasteiger partial charge in [-0.3, -0.25) is 4.79 Å². The Balaban J connectivity index is 2.36. The number of hydrogen-bond donors (Lipinski definition) is 1. The van der Waals surface area contributed by atoms with Crippen molar-refractivity contribution >= 4 is 5.97 Å². The fraction of sp³-hybridized carbons (Fsp3) is 0.400. The van der Waals surface area contributed by atoms with Crippen LogP contribution in [0.5, 0.6) is 0 Å². The second-order valence-corrected chi connectivity index (χ2v) is 3.47. The Hall–Kier alpha value is -1.62. The topological polar surface area (TPSA) is 60.3 Å². The minimum atomic E-state index is -0.420. The molecular formula is C10H12N2O3. The molecule has 1 aromatic rings. The fourth-order valence-electron chi connectivity index (χ4n) is 1.50. The molecule has 0 spiro atoms. The van der Waals surface area contributed by atoms with Crippen molar-refractivity contribution in [2.75, 3.05) is 20.2 Å². The third-order valence-electron chi connectivity index (χ3n) is 2.51. The maximum absolute atomic E-state index is 11.5. The molecule has 15 heavy (non-hydrogen) atoms. The van der Waals surface area contributed by atoms with Gasteiger partial charge in [0.15, 0.2) is 0 Å². The quantitative estimate of drug-likeness (QED) is 0.682. The Morgan fingerprint density at radius 1 is 1.53 bits per heavy atom. The first-order valence-corrected chi connectivity index (χ1v) is 4.73. The summed E-state index contributed by atoms with van der Waals surface area (Å²) in [6, 6.07) is 3.03. The van der Waals surface area contributed by atoms with E-state index in [4.69, 9.17) is 0 Å². The lowest BCUT2D eigenvalue weighted by Crippen LogP contribution is -2.46. The van der Waals surface area contributed by atoms with Crippen LogP contribution in [0.25, 0.3) is 0 Å². The summed E-state index contributed by atoms with van der Waals surface area (Å²) in [4.78, 5) is 22.8. The van der Waals surface area contributed by atoms with Crippen molar-refractivity contribution in [3.05, 3.63) is 34.2 Å². The molecule has 0 unspecified atom stereocenters. The zero-order chi connectivity index (χ0) is 10.8. The Labute approximate surface area is 86.7 Å². The summed E-state index contributed by atoms with van der Waals surface area (Å²) in [5, 5.41) is 3.07. The lowest BCUT2D eigenvalue weighted by atomic mass is 10.1. The molecule has 5 heteroatoms. The zero-order valence-electron chi connectivity index (χ0n) is 8.40. The van der Waals surface area contributed by atoms with Gasteiger partial charge in [0.25, 0.3) is 5.56 Å². The van der Waals surface area contributed by atoms with Gasteiger partial charge in [-0.2, -0.15) is 0 Å². The number of methoxy groups -OCH3 is 1. The third-order valence-corrected chi connectivity index (χ3v) is 2.51. The van der Waals surface area contributed by atoms with Gasteiger partial charge in [0.2, 0.25) is 0 Å². The molecule has 5 nitrogen and oxygen atoms in total. The lowest BCUT2D eigenvalue weighted by Gasteiger charge is -2.29. The van der Waals surface area contributed by atoms with Gasteiger partial charge in [0.1, 0.15) is 0 Å². The number of aromatic nitrogens is 1. The number of nitrogens with one attached hydrogen (secondary N) is 1. The molecule has 2 heterocycles. The summed E-state index contributed by atoms with van der Waals surface area (Å²) in [6.07, 6.45) is 1.56. The molecule has 0 aromatic carbocycles. The lowest BCUT2D eigenvalue weighted by molar-refractivity contribution is 0.0599. The Kier molecular flexibility index (Phi) is 2.55. The third kappa shape index (κ3) is 1.78. The molecule has 1 aromatic heterocycles. The van der Waals surface area contributed by atoms with Gasteiger partial charge >= 0.3 is 5.97 Å². The molecule has 0 amide bonds. The highest BCUT2D eigenvalue weighted by Gasteiger charge is 2.20. The van der Waals surface area contributed by atoms with Gasteiger partial charge in [-0.05, 0) is 6.07 Å². The highest BCUT2D eigenvalue weighted by molar-refractivity contribution is 5.88. The summed E-state index contributed by atoms with van der Waals surface area (Å²) in [7, 11) is 1.32. The average Bonchev–Trinajstić information content (AvgIpc) is 2.17. The van der Waals surface area contributed by atoms with E-state index in [1.165, 1.54) is 19.2 Å². The Morgan fingerprint density at radius 2 is 2.27 bits per heavy atom. The van der Waals surface area contributed by atoms with Crippen LogP contribution < -0.4 is 10.9 Å². The first-order chi connectivity index (χ1) is 7.22. The number of carbonyl (C=O) groups is 1. The first kappa shape index (κ1) is 9.92. The van der Waals surface area contributed by atoms with Crippen molar-refractivity contribution in [3.8, 4) is 0 Å². The van der Waals surface area contributed by atoms with E-state index in [0.717, 1.165) is 13.1 Å². The minimum absolute atomic E-state index is 0.0887. The Morgan fingerprint density at radius 3 is 2.80 bits per heavy atom. The average molecular weight is 208 g/mol. The van der Waals surface area contributed by atoms with E-state index in [1.54, 1.807) is 10.8 Å². The van der Waals surface area contributed by atoms with Gasteiger partial charge < -0.3 is 14.6 Å². The van der Waals surface area contributed by atoms with Crippen LogP contribution in [0.3, 0.4) is 0 Å². The van der Waals surface area contributed by atoms with Crippen molar-refractivity contribution in [2.24, 2.45) is 0 Å². The molecule has 0 radical (unpaired) electrons. The van der Waals surface area contributed by atoms with E-state index in [1.807, 2.05) is 0 Å². The standard InChI is InChI=1S/C10H12N2O3/c1-15-10(14)7-2-3-9(13)12(6-7)8-4-11-5-8/h2-3,6,8,11H,4-5H2,1H3. The van der Waals surface area contributed by atoms with Crippen LogP contribution in [0.15, 0.2) is 23.1 Å². The van der Waals surface area contributed by atoms with Crippen molar-refractivity contribution in [1.82, 2.24) is 9.88 Å². The number of ether oxygens (including phenoxy) is 1. The monoisotopic (exact) mass is 208 g/mol. The smallest absolute Gasteiger partial charge is 0.339 e. The number of esters is 1. The van der Waals surface area contributed by atoms with Crippen LogP contribution >= 0.6 is 0 Å². The van der Waals surface area contributed by atoms with Gasteiger partial charge in [0, 0.05) is 25.4 Å². The van der Waals surface area contributed by atoms with Gasteiger partial charge in [-0.1, -0.05) is 0 Å². The molecule has 1 aliphatic rings. The molecular weight excluding hydrogens is 196 g/mol. The Bertz CT molecular complexity index is 435. The molecule has 1 saturated heterocycles. The van der Waals surface area contributed by atoms with E-state index < -0.39 is 5.97 Å². The van der Waals surface area contributed by atoms with Crippen LogP contribution in [0.2, 0.25) is 0 Å². The maximum atomic E-state index is 11.5. The maximum Gasteiger partial charge on any atom is 0.339 e. The van der Waals surface area contributed by atoms with Crippen molar-refractivity contribution in [3.63, 3.8) is 0 Å². The number of pyridine rings is 1. The SMILES string of the molecule is COC(=O)c1ccc(=O)n(C2CNC2)c1. The molecule has 0 aliphatic carbocycles. The molecule has 1 aliphatic heterocycles. The summed E-state index contributed by atoms with van der Waals surface area (Å²) in [5.74, 6) is -0.420. The molecule has 2 rings (SSSR count). The highest BCUT2D eigenvalue weighted by Crippen LogP contribution is 2.09. The van der Waals surface area contributed by atoms with Crippen LogP contribution in [-0.2, 0) is 4.74 Å². The van der Waals surface area contributed by atoms with Crippen molar-refractivity contribution in [1.29, 1.82) is 0 Å². The van der Waals surface area contributed by atoms with Gasteiger partial charge in [0.05, 0.1) is 18.7 Å². The summed E-state index contributed by atoms with van der Waals surface area (Å²) >= 11 is 0.